The maximum Gasteiger partial charge on any atom is 0.326 e. The first kappa shape index (κ1) is 15.2. The predicted octanol–water partition coefficient (Wildman–Crippen LogP) is 4.15. The molecule has 0 spiro atoms. The van der Waals surface area contributed by atoms with E-state index >= 15 is 0 Å². The molecule has 1 heterocycles. The van der Waals surface area contributed by atoms with Crippen LogP contribution in [0.5, 0.6) is 11.5 Å². The summed E-state index contributed by atoms with van der Waals surface area (Å²) in [5, 5.41) is 7.64. The van der Waals surface area contributed by atoms with Crippen molar-refractivity contribution in [1.82, 2.24) is 10.1 Å². The van der Waals surface area contributed by atoms with E-state index in [0.717, 1.165) is 11.3 Å². The lowest BCUT2D eigenvalue weighted by Gasteiger charge is -2.07. The third kappa shape index (κ3) is 3.37. The minimum Gasteiger partial charge on any atom is -0.493 e. The third-order valence-corrected chi connectivity index (χ3v) is 3.42. The second kappa shape index (κ2) is 6.58. The molecule has 0 aliphatic rings. The number of ether oxygens (including phenoxy) is 2. The van der Waals surface area contributed by atoms with Crippen LogP contribution in [0.15, 0.2) is 47.0 Å². The third-order valence-electron chi connectivity index (χ3n) is 3.16. The van der Waals surface area contributed by atoms with Gasteiger partial charge >= 0.3 is 6.01 Å². The molecule has 6 nitrogen and oxygen atoms in total. The zero-order valence-electron chi connectivity index (χ0n) is 12.5. The van der Waals surface area contributed by atoms with E-state index in [2.05, 4.69) is 15.5 Å². The molecule has 0 radical (unpaired) electrons. The number of halogens is 1. The summed E-state index contributed by atoms with van der Waals surface area (Å²) in [5.74, 6) is 1.68. The highest BCUT2D eigenvalue weighted by Crippen LogP contribution is 2.31. The second-order valence-corrected chi connectivity index (χ2v) is 5.06. The number of benzene rings is 2. The van der Waals surface area contributed by atoms with Crippen molar-refractivity contribution in [2.75, 3.05) is 19.5 Å². The summed E-state index contributed by atoms with van der Waals surface area (Å²) < 4.78 is 15.7. The van der Waals surface area contributed by atoms with E-state index in [-0.39, 0.29) is 6.01 Å². The molecule has 3 aromatic rings. The first-order chi connectivity index (χ1) is 11.2. The van der Waals surface area contributed by atoms with Gasteiger partial charge in [-0.25, -0.2) is 0 Å². The smallest absolute Gasteiger partial charge is 0.326 e. The minimum atomic E-state index is 0.289. The zero-order valence-corrected chi connectivity index (χ0v) is 13.3. The van der Waals surface area contributed by atoms with Crippen LogP contribution in [0.2, 0.25) is 5.02 Å². The summed E-state index contributed by atoms with van der Waals surface area (Å²) in [5.41, 5.74) is 1.56. The summed E-state index contributed by atoms with van der Waals surface area (Å²) in [6, 6.07) is 12.9. The monoisotopic (exact) mass is 331 g/mol. The molecule has 0 unspecified atom stereocenters. The average Bonchev–Trinajstić information content (AvgIpc) is 3.05. The molecule has 0 saturated heterocycles. The van der Waals surface area contributed by atoms with Gasteiger partial charge in [-0.2, -0.15) is 4.98 Å². The molecule has 0 bridgehead atoms. The van der Waals surface area contributed by atoms with Crippen molar-refractivity contribution >= 4 is 23.3 Å². The van der Waals surface area contributed by atoms with Crippen LogP contribution in [0.3, 0.4) is 0 Å². The SMILES string of the molecule is COc1ccc(-c2noc(Nc3ccc(Cl)cc3)n2)cc1OC. The van der Waals surface area contributed by atoms with Gasteiger partial charge in [0.2, 0.25) is 5.82 Å². The van der Waals surface area contributed by atoms with Gasteiger partial charge in [0.15, 0.2) is 11.5 Å². The Hall–Kier alpha value is -2.73. The van der Waals surface area contributed by atoms with Crippen LogP contribution >= 0.6 is 11.6 Å². The van der Waals surface area contributed by atoms with Gasteiger partial charge in [-0.15, -0.1) is 0 Å². The Morgan fingerprint density at radius 3 is 2.43 bits per heavy atom. The number of nitrogens with zero attached hydrogens (tertiary/aromatic N) is 2. The standard InChI is InChI=1S/C16H14ClN3O3/c1-21-13-8-3-10(9-14(13)22-2)15-19-16(23-20-15)18-12-6-4-11(17)5-7-12/h3-9H,1-2H3,(H,18,19,20). The van der Waals surface area contributed by atoms with Gasteiger partial charge in [0.05, 0.1) is 14.2 Å². The van der Waals surface area contributed by atoms with Gasteiger partial charge in [-0.05, 0) is 42.5 Å². The van der Waals surface area contributed by atoms with Crippen LogP contribution in [-0.4, -0.2) is 24.4 Å². The number of methoxy groups -OCH3 is 2. The van der Waals surface area contributed by atoms with E-state index in [4.69, 9.17) is 25.6 Å². The number of hydrogen-bond donors (Lipinski definition) is 1. The van der Waals surface area contributed by atoms with Crippen molar-refractivity contribution < 1.29 is 14.0 Å². The second-order valence-electron chi connectivity index (χ2n) is 4.62. The van der Waals surface area contributed by atoms with Crippen LogP contribution < -0.4 is 14.8 Å². The highest BCUT2D eigenvalue weighted by Gasteiger charge is 2.12. The van der Waals surface area contributed by atoms with Gasteiger partial charge in [-0.3, -0.25) is 0 Å². The molecular weight excluding hydrogens is 318 g/mol. The topological polar surface area (TPSA) is 69.4 Å². The van der Waals surface area contributed by atoms with Crippen molar-refractivity contribution in [3.05, 3.63) is 47.5 Å². The van der Waals surface area contributed by atoms with Crippen molar-refractivity contribution in [3.63, 3.8) is 0 Å². The Morgan fingerprint density at radius 2 is 1.74 bits per heavy atom. The number of aromatic nitrogens is 2. The number of anilines is 2. The Bertz CT molecular complexity index is 803. The van der Waals surface area contributed by atoms with Crippen LogP contribution in [0.1, 0.15) is 0 Å². The summed E-state index contributed by atoms with van der Waals surface area (Å²) in [4.78, 5) is 4.31. The van der Waals surface area contributed by atoms with Gasteiger partial charge in [0.1, 0.15) is 0 Å². The largest absolute Gasteiger partial charge is 0.493 e. The molecule has 118 valence electrons. The number of hydrogen-bond acceptors (Lipinski definition) is 6. The van der Waals surface area contributed by atoms with E-state index in [1.165, 1.54) is 0 Å². The Labute approximate surface area is 138 Å². The maximum absolute atomic E-state index is 5.85. The van der Waals surface area contributed by atoms with Crippen molar-refractivity contribution in [2.45, 2.75) is 0 Å². The highest BCUT2D eigenvalue weighted by molar-refractivity contribution is 6.30. The lowest BCUT2D eigenvalue weighted by atomic mass is 10.2. The van der Waals surface area contributed by atoms with Crippen LogP contribution in [0, 0.1) is 0 Å². The summed E-state index contributed by atoms with van der Waals surface area (Å²) in [7, 11) is 3.16. The molecule has 7 heteroatoms. The molecule has 0 saturated carbocycles. The van der Waals surface area contributed by atoms with Crippen LogP contribution in [0.25, 0.3) is 11.4 Å². The quantitative estimate of drug-likeness (QED) is 0.757. The molecule has 0 amide bonds. The summed E-state index contributed by atoms with van der Waals surface area (Å²) in [6.45, 7) is 0. The van der Waals surface area contributed by atoms with Crippen LogP contribution in [-0.2, 0) is 0 Å². The van der Waals surface area contributed by atoms with E-state index in [9.17, 15) is 0 Å². The molecule has 1 N–H and O–H groups in total. The van der Waals surface area contributed by atoms with Gasteiger partial charge in [-0.1, -0.05) is 16.8 Å². The Kier molecular flexibility index (Phi) is 4.34. The molecule has 23 heavy (non-hydrogen) atoms. The first-order valence-electron chi connectivity index (χ1n) is 6.78. The molecule has 1 aromatic heterocycles. The minimum absolute atomic E-state index is 0.289. The number of rotatable bonds is 5. The van der Waals surface area contributed by atoms with Crippen molar-refractivity contribution in [3.8, 4) is 22.9 Å². The fourth-order valence-corrected chi connectivity index (χ4v) is 2.15. The first-order valence-corrected chi connectivity index (χ1v) is 7.16. The van der Waals surface area contributed by atoms with Gasteiger partial charge in [0.25, 0.3) is 0 Å². The van der Waals surface area contributed by atoms with Gasteiger partial charge < -0.3 is 19.3 Å². The van der Waals surface area contributed by atoms with Crippen LogP contribution in [0.4, 0.5) is 11.7 Å². The van der Waals surface area contributed by atoms with Crippen molar-refractivity contribution in [1.29, 1.82) is 0 Å². The predicted molar refractivity (Wildman–Crippen MR) is 87.6 cm³/mol. The van der Waals surface area contributed by atoms with E-state index in [1.807, 2.05) is 18.2 Å². The molecule has 0 aliphatic carbocycles. The lowest BCUT2D eigenvalue weighted by molar-refractivity contribution is 0.355. The molecule has 3 rings (SSSR count). The molecule has 0 fully saturated rings. The van der Waals surface area contributed by atoms with E-state index in [0.29, 0.717) is 22.3 Å². The van der Waals surface area contributed by atoms with E-state index < -0.39 is 0 Å². The van der Waals surface area contributed by atoms with Gasteiger partial charge in [0, 0.05) is 16.3 Å². The average molecular weight is 332 g/mol. The summed E-state index contributed by atoms with van der Waals surface area (Å²) >= 11 is 5.85. The highest BCUT2D eigenvalue weighted by atomic mass is 35.5. The molecule has 0 aliphatic heterocycles. The molecule has 2 aromatic carbocycles. The zero-order chi connectivity index (χ0) is 16.2. The maximum atomic E-state index is 5.85. The Balaban J connectivity index is 1.82. The van der Waals surface area contributed by atoms with Crippen molar-refractivity contribution in [2.24, 2.45) is 0 Å². The molecular formula is C16H14ClN3O3. The van der Waals surface area contributed by atoms with E-state index in [1.54, 1.807) is 38.5 Å². The Morgan fingerprint density at radius 1 is 1.00 bits per heavy atom. The fraction of sp³-hybridized carbons (Fsp3) is 0.125. The lowest BCUT2D eigenvalue weighted by Crippen LogP contribution is -1.92. The normalized spacial score (nSPS) is 10.4. The fourth-order valence-electron chi connectivity index (χ4n) is 2.02. The summed E-state index contributed by atoms with van der Waals surface area (Å²) in [6.07, 6.45) is 0. The number of nitrogens with one attached hydrogen (secondary N) is 1. The molecule has 0 atom stereocenters.